The van der Waals surface area contributed by atoms with Crippen LogP contribution in [-0.2, 0) is 20.6 Å². The van der Waals surface area contributed by atoms with Crippen LogP contribution in [0.25, 0.3) is 0 Å². The highest BCUT2D eigenvalue weighted by Gasteiger charge is 2.36. The molecular formula is C21H32N2O4S. The van der Waals surface area contributed by atoms with Gasteiger partial charge in [-0.3, -0.25) is 4.79 Å². The highest BCUT2D eigenvalue weighted by molar-refractivity contribution is 7.88. The van der Waals surface area contributed by atoms with Crippen LogP contribution in [0, 0.1) is 12.8 Å². The molecule has 1 amide bonds. The summed E-state index contributed by atoms with van der Waals surface area (Å²) in [6.07, 6.45) is 4.27. The summed E-state index contributed by atoms with van der Waals surface area (Å²) in [7, 11) is -1.60. The average molecular weight is 409 g/mol. The van der Waals surface area contributed by atoms with E-state index in [9.17, 15) is 18.3 Å². The summed E-state index contributed by atoms with van der Waals surface area (Å²) in [5.74, 6) is -0.118. The molecule has 1 aromatic rings. The number of hydrogen-bond donors (Lipinski definition) is 1. The Kier molecular flexibility index (Phi) is 6.78. The van der Waals surface area contributed by atoms with E-state index in [1.807, 2.05) is 31.2 Å². The van der Waals surface area contributed by atoms with Gasteiger partial charge in [0.2, 0.25) is 15.9 Å². The average Bonchev–Trinajstić information content (AvgIpc) is 2.67. The van der Waals surface area contributed by atoms with Crippen molar-refractivity contribution in [1.29, 1.82) is 0 Å². The van der Waals surface area contributed by atoms with Crippen molar-refractivity contribution in [2.24, 2.45) is 5.92 Å². The van der Waals surface area contributed by atoms with Crippen LogP contribution < -0.4 is 0 Å². The third kappa shape index (κ3) is 4.93. The zero-order chi connectivity index (χ0) is 20.3. The molecule has 1 saturated heterocycles. The van der Waals surface area contributed by atoms with Crippen LogP contribution in [0.15, 0.2) is 24.3 Å². The molecule has 3 rings (SSSR count). The van der Waals surface area contributed by atoms with E-state index in [1.54, 1.807) is 11.9 Å². The third-order valence-corrected chi connectivity index (χ3v) is 8.02. The Labute approximate surface area is 168 Å². The highest BCUT2D eigenvalue weighted by Crippen LogP contribution is 2.27. The van der Waals surface area contributed by atoms with E-state index in [0.717, 1.165) is 36.8 Å². The number of piperidine rings is 1. The van der Waals surface area contributed by atoms with Crippen LogP contribution in [-0.4, -0.2) is 60.9 Å². The molecule has 0 spiro atoms. The number of hydrogen-bond acceptors (Lipinski definition) is 4. The monoisotopic (exact) mass is 408 g/mol. The zero-order valence-electron chi connectivity index (χ0n) is 16.9. The van der Waals surface area contributed by atoms with Crippen LogP contribution in [0.1, 0.15) is 49.7 Å². The standard InChI is InChI=1S/C21H32N2O4S/c1-16-6-5-7-17(14-16)15-28(26,27)23-12-10-18(11-13-23)21(25)22(2)19-8-3-4-9-20(19)24/h5-7,14,18-20,24H,3-4,8-13,15H2,1-2H3/t19-,20+/m1/s1. The molecule has 2 aliphatic rings. The maximum absolute atomic E-state index is 12.9. The molecule has 1 saturated carbocycles. The Morgan fingerprint density at radius 3 is 2.50 bits per heavy atom. The molecule has 1 aliphatic carbocycles. The highest BCUT2D eigenvalue weighted by atomic mass is 32.2. The van der Waals surface area contributed by atoms with E-state index in [0.29, 0.717) is 25.9 Å². The SMILES string of the molecule is Cc1cccc(CS(=O)(=O)N2CCC(C(=O)N(C)[C@@H]3CCCC[C@@H]3O)CC2)c1. The third-order valence-electron chi connectivity index (χ3n) is 6.17. The number of carbonyl (C=O) groups is 1. The summed E-state index contributed by atoms with van der Waals surface area (Å²) >= 11 is 0. The summed E-state index contributed by atoms with van der Waals surface area (Å²) in [5, 5.41) is 10.2. The fourth-order valence-corrected chi connectivity index (χ4v) is 6.03. The van der Waals surface area contributed by atoms with Gasteiger partial charge in [-0.25, -0.2) is 12.7 Å². The summed E-state index contributed by atoms with van der Waals surface area (Å²) in [6.45, 7) is 2.71. The summed E-state index contributed by atoms with van der Waals surface area (Å²) < 4.78 is 27.1. The molecule has 0 bridgehead atoms. The quantitative estimate of drug-likeness (QED) is 0.811. The molecule has 1 N–H and O–H groups in total. The maximum atomic E-state index is 12.9. The minimum absolute atomic E-state index is 0.00145. The number of likely N-dealkylation sites (N-methyl/N-ethyl adjacent to an activating group) is 1. The number of nitrogens with zero attached hydrogens (tertiary/aromatic N) is 2. The number of benzene rings is 1. The van der Waals surface area contributed by atoms with E-state index in [2.05, 4.69) is 0 Å². The van der Waals surface area contributed by atoms with E-state index in [-0.39, 0.29) is 23.6 Å². The molecule has 156 valence electrons. The molecule has 0 unspecified atom stereocenters. The van der Waals surface area contributed by atoms with Gasteiger partial charge >= 0.3 is 0 Å². The van der Waals surface area contributed by atoms with E-state index in [1.165, 1.54) is 4.31 Å². The number of amides is 1. The van der Waals surface area contributed by atoms with Crippen LogP contribution >= 0.6 is 0 Å². The van der Waals surface area contributed by atoms with Crippen molar-refractivity contribution in [2.75, 3.05) is 20.1 Å². The largest absolute Gasteiger partial charge is 0.391 e. The van der Waals surface area contributed by atoms with Gasteiger partial charge in [0.15, 0.2) is 0 Å². The van der Waals surface area contributed by atoms with Crippen molar-refractivity contribution in [3.63, 3.8) is 0 Å². The summed E-state index contributed by atoms with van der Waals surface area (Å²) in [4.78, 5) is 14.6. The lowest BCUT2D eigenvalue weighted by Crippen LogP contribution is -2.50. The second-order valence-corrected chi connectivity index (χ2v) is 10.3. The van der Waals surface area contributed by atoms with E-state index >= 15 is 0 Å². The summed E-state index contributed by atoms with van der Waals surface area (Å²) in [6, 6.07) is 7.46. The number of aryl methyl sites for hydroxylation is 1. The van der Waals surface area contributed by atoms with Gasteiger partial charge in [0.25, 0.3) is 0 Å². The van der Waals surface area contributed by atoms with Crippen molar-refractivity contribution in [3.8, 4) is 0 Å². The summed E-state index contributed by atoms with van der Waals surface area (Å²) in [5.41, 5.74) is 1.84. The first-order valence-electron chi connectivity index (χ1n) is 10.3. The molecule has 2 fully saturated rings. The Morgan fingerprint density at radius 2 is 1.86 bits per heavy atom. The minimum atomic E-state index is -3.38. The predicted molar refractivity (Wildman–Crippen MR) is 109 cm³/mol. The fraction of sp³-hybridized carbons (Fsp3) is 0.667. The molecule has 1 aliphatic heterocycles. The van der Waals surface area contributed by atoms with E-state index in [4.69, 9.17) is 0 Å². The van der Waals surface area contributed by atoms with Gasteiger partial charge in [0.05, 0.1) is 17.9 Å². The molecular weight excluding hydrogens is 376 g/mol. The minimum Gasteiger partial charge on any atom is -0.391 e. The van der Waals surface area contributed by atoms with Gasteiger partial charge in [0, 0.05) is 26.1 Å². The van der Waals surface area contributed by atoms with Crippen LogP contribution in [0.2, 0.25) is 0 Å². The lowest BCUT2D eigenvalue weighted by molar-refractivity contribution is -0.141. The molecule has 0 radical (unpaired) electrons. The number of rotatable bonds is 5. The number of aliphatic hydroxyl groups is 1. The second kappa shape index (κ2) is 8.93. The van der Waals surface area contributed by atoms with Crippen LogP contribution in [0.4, 0.5) is 0 Å². The van der Waals surface area contributed by atoms with Gasteiger partial charge in [-0.15, -0.1) is 0 Å². The van der Waals surface area contributed by atoms with Crippen molar-refractivity contribution in [2.45, 2.75) is 63.3 Å². The molecule has 2 atom stereocenters. The molecule has 0 aromatic heterocycles. The molecule has 1 heterocycles. The van der Waals surface area contributed by atoms with Gasteiger partial charge in [0.1, 0.15) is 0 Å². The normalized spacial score (nSPS) is 24.8. The van der Waals surface area contributed by atoms with Gasteiger partial charge in [-0.05, 0) is 38.2 Å². The topological polar surface area (TPSA) is 77.9 Å². The van der Waals surface area contributed by atoms with Gasteiger partial charge < -0.3 is 10.0 Å². The lowest BCUT2D eigenvalue weighted by atomic mass is 9.89. The van der Waals surface area contributed by atoms with Gasteiger partial charge in [-0.1, -0.05) is 42.7 Å². The number of carbonyl (C=O) groups excluding carboxylic acids is 1. The Morgan fingerprint density at radius 1 is 1.18 bits per heavy atom. The molecule has 1 aromatic carbocycles. The van der Waals surface area contributed by atoms with Crippen LogP contribution in [0.5, 0.6) is 0 Å². The Balaban J connectivity index is 1.56. The van der Waals surface area contributed by atoms with Crippen molar-refractivity contribution >= 4 is 15.9 Å². The van der Waals surface area contributed by atoms with Crippen molar-refractivity contribution in [1.82, 2.24) is 9.21 Å². The second-order valence-electron chi connectivity index (χ2n) is 8.29. The first-order valence-corrected chi connectivity index (χ1v) is 11.9. The lowest BCUT2D eigenvalue weighted by Gasteiger charge is -2.38. The Hall–Kier alpha value is -1.44. The van der Waals surface area contributed by atoms with Gasteiger partial charge in [-0.2, -0.15) is 0 Å². The smallest absolute Gasteiger partial charge is 0.225 e. The Bertz CT molecular complexity index is 787. The predicted octanol–water partition coefficient (Wildman–Crippen LogP) is 2.30. The molecule has 28 heavy (non-hydrogen) atoms. The number of aliphatic hydroxyl groups excluding tert-OH is 1. The number of sulfonamides is 1. The van der Waals surface area contributed by atoms with Crippen molar-refractivity contribution < 1.29 is 18.3 Å². The first-order chi connectivity index (χ1) is 13.3. The molecule has 7 heteroatoms. The van der Waals surface area contributed by atoms with Crippen molar-refractivity contribution in [3.05, 3.63) is 35.4 Å². The fourth-order valence-electron chi connectivity index (χ4n) is 4.48. The molecule has 6 nitrogen and oxygen atoms in total. The van der Waals surface area contributed by atoms with Crippen LogP contribution in [0.3, 0.4) is 0 Å². The first kappa shape index (κ1) is 21.3. The van der Waals surface area contributed by atoms with E-state index < -0.39 is 16.1 Å². The maximum Gasteiger partial charge on any atom is 0.225 e. The zero-order valence-corrected chi connectivity index (χ0v) is 17.7.